The van der Waals surface area contributed by atoms with E-state index in [-0.39, 0.29) is 11.7 Å². The van der Waals surface area contributed by atoms with Crippen molar-refractivity contribution in [1.29, 1.82) is 0 Å². The minimum Gasteiger partial charge on any atom is -0.387 e. The molecule has 1 heterocycles. The normalized spacial score (nSPS) is 42.6. The molecule has 0 amide bonds. The van der Waals surface area contributed by atoms with E-state index < -0.39 is 5.60 Å². The lowest BCUT2D eigenvalue weighted by Gasteiger charge is -2.34. The molecule has 2 nitrogen and oxygen atoms in total. The highest BCUT2D eigenvalue weighted by Crippen LogP contribution is 2.49. The van der Waals surface area contributed by atoms with E-state index >= 15 is 0 Å². The molecule has 1 aliphatic carbocycles. The van der Waals surface area contributed by atoms with Crippen molar-refractivity contribution >= 4 is 0 Å². The zero-order valence-corrected chi connectivity index (χ0v) is 9.38. The molecule has 0 bridgehead atoms. The standard InChI is InChI=1S/C12H22O2/c1-10-11(2,14-10)12(13)8-6-4-3-5-7-9-12/h10,13H,3-9H2,1-2H3/t10-,11-/m1/s1. The lowest BCUT2D eigenvalue weighted by molar-refractivity contribution is -0.0506. The van der Waals surface area contributed by atoms with Gasteiger partial charge in [-0.1, -0.05) is 32.1 Å². The van der Waals surface area contributed by atoms with Gasteiger partial charge in [-0.25, -0.2) is 0 Å². The Balaban J connectivity index is 2.04. The van der Waals surface area contributed by atoms with Crippen molar-refractivity contribution in [1.82, 2.24) is 0 Å². The van der Waals surface area contributed by atoms with Gasteiger partial charge in [-0.05, 0) is 26.7 Å². The molecule has 2 heteroatoms. The number of hydrogen-bond acceptors (Lipinski definition) is 2. The van der Waals surface area contributed by atoms with Gasteiger partial charge in [-0.15, -0.1) is 0 Å². The second-order valence-corrected chi connectivity index (χ2v) is 5.17. The quantitative estimate of drug-likeness (QED) is 0.657. The van der Waals surface area contributed by atoms with Gasteiger partial charge in [0.25, 0.3) is 0 Å². The third kappa shape index (κ3) is 1.59. The summed E-state index contributed by atoms with van der Waals surface area (Å²) >= 11 is 0. The summed E-state index contributed by atoms with van der Waals surface area (Å²) in [5, 5.41) is 10.6. The molecular formula is C12H22O2. The fourth-order valence-corrected chi connectivity index (χ4v) is 2.81. The highest BCUT2D eigenvalue weighted by Gasteiger charge is 2.62. The number of hydrogen-bond donors (Lipinski definition) is 1. The maximum Gasteiger partial charge on any atom is 0.120 e. The molecule has 1 saturated heterocycles. The maximum absolute atomic E-state index is 10.6. The lowest BCUT2D eigenvalue weighted by Crippen LogP contribution is -2.45. The molecule has 2 atom stereocenters. The fourth-order valence-electron chi connectivity index (χ4n) is 2.81. The van der Waals surface area contributed by atoms with Crippen LogP contribution in [0.4, 0.5) is 0 Å². The Morgan fingerprint density at radius 1 is 1.07 bits per heavy atom. The second-order valence-electron chi connectivity index (χ2n) is 5.17. The van der Waals surface area contributed by atoms with Gasteiger partial charge in [-0.2, -0.15) is 0 Å². The van der Waals surface area contributed by atoms with Gasteiger partial charge in [0.05, 0.1) is 11.7 Å². The van der Waals surface area contributed by atoms with Crippen molar-refractivity contribution in [3.05, 3.63) is 0 Å². The topological polar surface area (TPSA) is 32.8 Å². The lowest BCUT2D eigenvalue weighted by atomic mass is 9.77. The van der Waals surface area contributed by atoms with Crippen molar-refractivity contribution in [2.45, 2.75) is 76.1 Å². The van der Waals surface area contributed by atoms with E-state index in [1.54, 1.807) is 0 Å². The molecule has 2 rings (SSSR count). The Labute approximate surface area is 86.6 Å². The third-order valence-corrected chi connectivity index (χ3v) is 4.24. The smallest absolute Gasteiger partial charge is 0.120 e. The van der Waals surface area contributed by atoms with Gasteiger partial charge in [0.15, 0.2) is 0 Å². The maximum atomic E-state index is 10.6. The van der Waals surface area contributed by atoms with E-state index in [0.717, 1.165) is 25.7 Å². The zero-order valence-electron chi connectivity index (χ0n) is 9.38. The first-order valence-corrected chi connectivity index (χ1v) is 5.99. The molecule has 82 valence electrons. The predicted molar refractivity (Wildman–Crippen MR) is 56.2 cm³/mol. The Kier molecular flexibility index (Phi) is 2.61. The van der Waals surface area contributed by atoms with Crippen LogP contribution in [-0.4, -0.2) is 22.4 Å². The van der Waals surface area contributed by atoms with Crippen molar-refractivity contribution < 1.29 is 9.84 Å². The van der Waals surface area contributed by atoms with E-state index in [1.165, 1.54) is 19.3 Å². The van der Waals surface area contributed by atoms with Crippen molar-refractivity contribution in [3.8, 4) is 0 Å². The monoisotopic (exact) mass is 198 g/mol. The summed E-state index contributed by atoms with van der Waals surface area (Å²) in [7, 11) is 0. The van der Waals surface area contributed by atoms with E-state index in [9.17, 15) is 5.11 Å². The minimum atomic E-state index is -0.549. The molecule has 14 heavy (non-hydrogen) atoms. The summed E-state index contributed by atoms with van der Waals surface area (Å²) in [4.78, 5) is 0. The average Bonchev–Trinajstić information content (AvgIpc) is 2.70. The van der Waals surface area contributed by atoms with Crippen LogP contribution in [0, 0.1) is 0 Å². The summed E-state index contributed by atoms with van der Waals surface area (Å²) < 4.78 is 5.59. The summed E-state index contributed by atoms with van der Waals surface area (Å²) in [6.07, 6.45) is 8.28. The summed E-state index contributed by atoms with van der Waals surface area (Å²) in [5.41, 5.74) is -0.794. The summed E-state index contributed by atoms with van der Waals surface area (Å²) in [6.45, 7) is 4.13. The number of rotatable bonds is 1. The zero-order chi connectivity index (χ0) is 10.2. The third-order valence-electron chi connectivity index (χ3n) is 4.24. The Morgan fingerprint density at radius 3 is 1.93 bits per heavy atom. The second kappa shape index (κ2) is 3.49. The van der Waals surface area contributed by atoms with E-state index in [4.69, 9.17) is 4.74 Å². The Hall–Kier alpha value is -0.0800. The highest BCUT2D eigenvalue weighted by molar-refractivity contribution is 5.11. The van der Waals surface area contributed by atoms with Crippen LogP contribution in [0.25, 0.3) is 0 Å². The molecule has 0 aromatic heterocycles. The van der Waals surface area contributed by atoms with Gasteiger partial charge >= 0.3 is 0 Å². The molecule has 0 unspecified atom stereocenters. The van der Waals surface area contributed by atoms with Crippen LogP contribution in [0.5, 0.6) is 0 Å². The van der Waals surface area contributed by atoms with Crippen LogP contribution < -0.4 is 0 Å². The Bertz CT molecular complexity index is 206. The van der Waals surface area contributed by atoms with E-state index in [2.05, 4.69) is 13.8 Å². The molecule has 2 aliphatic rings. The molecule has 2 fully saturated rings. The van der Waals surface area contributed by atoms with Crippen LogP contribution in [0.3, 0.4) is 0 Å². The molecule has 0 spiro atoms. The van der Waals surface area contributed by atoms with Crippen LogP contribution in [0.2, 0.25) is 0 Å². The molecule has 1 N–H and O–H groups in total. The van der Waals surface area contributed by atoms with Gasteiger partial charge < -0.3 is 9.84 Å². The molecular weight excluding hydrogens is 176 g/mol. The van der Waals surface area contributed by atoms with Gasteiger partial charge in [-0.3, -0.25) is 0 Å². The summed E-state index contributed by atoms with van der Waals surface area (Å²) in [6, 6.07) is 0. The van der Waals surface area contributed by atoms with E-state index in [0.29, 0.717) is 0 Å². The largest absolute Gasteiger partial charge is 0.387 e. The number of aliphatic hydroxyl groups is 1. The first kappa shape index (κ1) is 10.4. The number of ether oxygens (including phenoxy) is 1. The first-order valence-electron chi connectivity index (χ1n) is 5.99. The first-order chi connectivity index (χ1) is 6.58. The van der Waals surface area contributed by atoms with Crippen LogP contribution in [0.15, 0.2) is 0 Å². The van der Waals surface area contributed by atoms with Crippen LogP contribution in [-0.2, 0) is 4.74 Å². The predicted octanol–water partition coefficient (Wildman–Crippen LogP) is 2.64. The number of epoxide rings is 1. The molecule has 1 saturated carbocycles. The van der Waals surface area contributed by atoms with Crippen molar-refractivity contribution in [2.75, 3.05) is 0 Å². The van der Waals surface area contributed by atoms with Gasteiger partial charge in [0, 0.05) is 0 Å². The summed E-state index contributed by atoms with van der Waals surface area (Å²) in [5.74, 6) is 0. The van der Waals surface area contributed by atoms with Gasteiger partial charge in [0.1, 0.15) is 5.60 Å². The van der Waals surface area contributed by atoms with Crippen LogP contribution in [0.1, 0.15) is 58.8 Å². The average molecular weight is 198 g/mol. The van der Waals surface area contributed by atoms with Crippen LogP contribution >= 0.6 is 0 Å². The molecule has 0 radical (unpaired) electrons. The van der Waals surface area contributed by atoms with E-state index in [1.807, 2.05) is 0 Å². The molecule has 0 aromatic rings. The molecule has 1 aliphatic heterocycles. The molecule has 0 aromatic carbocycles. The Morgan fingerprint density at radius 2 is 1.50 bits per heavy atom. The highest BCUT2D eigenvalue weighted by atomic mass is 16.6. The fraction of sp³-hybridized carbons (Fsp3) is 1.00. The SMILES string of the molecule is C[C@H]1O[C@@]1(C)C1(O)CCCCCCC1. The van der Waals surface area contributed by atoms with Crippen molar-refractivity contribution in [2.24, 2.45) is 0 Å². The minimum absolute atomic E-state index is 0.243. The van der Waals surface area contributed by atoms with Gasteiger partial charge in [0.2, 0.25) is 0 Å². The van der Waals surface area contributed by atoms with Crippen molar-refractivity contribution in [3.63, 3.8) is 0 Å².